The number of para-hydroxylation sites is 2. The molecule has 7 heteroatoms. The number of nitrogens with zero attached hydrogens (tertiary/aromatic N) is 2. The van der Waals surface area contributed by atoms with Gasteiger partial charge in [-0.2, -0.15) is 0 Å². The third-order valence-corrected chi connectivity index (χ3v) is 2.22. The van der Waals surface area contributed by atoms with E-state index in [9.17, 15) is 13.2 Å². The molecule has 0 spiro atoms. The first-order chi connectivity index (χ1) is 9.04. The molecule has 2 aromatic rings. The summed E-state index contributed by atoms with van der Waals surface area (Å²) in [5, 5.41) is 2.84. The van der Waals surface area contributed by atoms with Crippen molar-refractivity contribution in [3.63, 3.8) is 0 Å². The minimum absolute atomic E-state index is 0.249. The highest BCUT2D eigenvalue weighted by atomic mass is 19.4. The average Bonchev–Trinajstić information content (AvgIpc) is 2.37. The predicted octanol–water partition coefficient (Wildman–Crippen LogP) is 2.99. The highest BCUT2D eigenvalue weighted by Gasteiger charge is 2.32. The highest BCUT2D eigenvalue weighted by molar-refractivity contribution is 5.56. The largest absolute Gasteiger partial charge is 0.573 e. The third kappa shape index (κ3) is 4.13. The van der Waals surface area contributed by atoms with Crippen LogP contribution in [0, 0.1) is 0 Å². The van der Waals surface area contributed by atoms with Gasteiger partial charge in [0, 0.05) is 6.20 Å². The molecule has 0 bridgehead atoms. The van der Waals surface area contributed by atoms with E-state index in [4.69, 9.17) is 0 Å². The van der Waals surface area contributed by atoms with Crippen molar-refractivity contribution in [2.24, 2.45) is 0 Å². The normalized spacial score (nSPS) is 11.1. The van der Waals surface area contributed by atoms with Gasteiger partial charge in [-0.3, -0.25) is 0 Å². The van der Waals surface area contributed by atoms with E-state index in [-0.39, 0.29) is 18.0 Å². The maximum absolute atomic E-state index is 12.2. The van der Waals surface area contributed by atoms with Crippen LogP contribution in [0.1, 0.15) is 5.69 Å². The Balaban J connectivity index is 2.08. The molecule has 100 valence electrons. The van der Waals surface area contributed by atoms with Gasteiger partial charge in [-0.15, -0.1) is 13.2 Å². The van der Waals surface area contributed by atoms with Crippen molar-refractivity contribution in [2.75, 3.05) is 5.32 Å². The van der Waals surface area contributed by atoms with Gasteiger partial charge < -0.3 is 10.1 Å². The highest BCUT2D eigenvalue weighted by Crippen LogP contribution is 2.29. The van der Waals surface area contributed by atoms with E-state index in [0.29, 0.717) is 5.69 Å². The second-order valence-corrected chi connectivity index (χ2v) is 3.60. The number of benzene rings is 1. The summed E-state index contributed by atoms with van der Waals surface area (Å²) in [4.78, 5) is 7.72. The van der Waals surface area contributed by atoms with Crippen LogP contribution in [0.2, 0.25) is 0 Å². The van der Waals surface area contributed by atoms with Crippen LogP contribution in [0.3, 0.4) is 0 Å². The lowest BCUT2D eigenvalue weighted by Gasteiger charge is -2.14. The fourth-order valence-corrected chi connectivity index (χ4v) is 1.43. The molecule has 1 N–H and O–H groups in total. The molecule has 0 amide bonds. The Hall–Kier alpha value is -2.31. The number of aromatic nitrogens is 2. The van der Waals surface area contributed by atoms with Gasteiger partial charge >= 0.3 is 6.36 Å². The van der Waals surface area contributed by atoms with Crippen LogP contribution in [-0.4, -0.2) is 16.3 Å². The molecule has 0 fully saturated rings. The number of halogens is 3. The minimum atomic E-state index is -4.72. The van der Waals surface area contributed by atoms with E-state index in [1.165, 1.54) is 24.5 Å². The number of alkyl halides is 3. The summed E-state index contributed by atoms with van der Waals surface area (Å²) in [6, 6.07) is 7.50. The maximum atomic E-state index is 12.2. The molecule has 19 heavy (non-hydrogen) atoms. The molecule has 1 aromatic carbocycles. The standard InChI is InChI=1S/C12H10F3N3O/c13-12(14,15)19-11-4-2-1-3-10(11)17-7-9-5-6-16-8-18-9/h1-6,8,17H,7H2. The molecular weight excluding hydrogens is 259 g/mol. The van der Waals surface area contributed by atoms with E-state index in [1.807, 2.05) is 0 Å². The Bertz CT molecular complexity index is 531. The monoisotopic (exact) mass is 269 g/mol. The Labute approximate surface area is 107 Å². The number of hydrogen-bond acceptors (Lipinski definition) is 4. The molecule has 0 aliphatic rings. The van der Waals surface area contributed by atoms with Gasteiger partial charge in [-0.05, 0) is 18.2 Å². The predicted molar refractivity (Wildman–Crippen MR) is 62.5 cm³/mol. The summed E-state index contributed by atoms with van der Waals surface area (Å²) >= 11 is 0. The summed E-state index contributed by atoms with van der Waals surface area (Å²) in [6.45, 7) is 0.279. The van der Waals surface area contributed by atoms with Crippen molar-refractivity contribution in [3.8, 4) is 5.75 Å². The topological polar surface area (TPSA) is 47.0 Å². The molecule has 2 rings (SSSR count). The van der Waals surface area contributed by atoms with Gasteiger partial charge in [0.15, 0.2) is 5.75 Å². The molecule has 0 saturated heterocycles. The minimum Gasteiger partial charge on any atom is -0.404 e. The van der Waals surface area contributed by atoms with E-state index in [1.54, 1.807) is 18.3 Å². The molecule has 0 atom stereocenters. The molecular formula is C12H10F3N3O. The van der Waals surface area contributed by atoms with E-state index in [0.717, 1.165) is 0 Å². The van der Waals surface area contributed by atoms with Gasteiger partial charge in [-0.25, -0.2) is 9.97 Å². The SMILES string of the molecule is FC(F)(F)Oc1ccccc1NCc1ccncn1. The van der Waals surface area contributed by atoms with Gasteiger partial charge in [0.25, 0.3) is 0 Å². The van der Waals surface area contributed by atoms with Gasteiger partial charge in [0.2, 0.25) is 0 Å². The fraction of sp³-hybridized carbons (Fsp3) is 0.167. The quantitative estimate of drug-likeness (QED) is 0.926. The fourth-order valence-electron chi connectivity index (χ4n) is 1.43. The molecule has 0 aliphatic carbocycles. The van der Waals surface area contributed by atoms with Gasteiger partial charge in [0.05, 0.1) is 17.9 Å². The van der Waals surface area contributed by atoms with Crippen molar-refractivity contribution in [2.45, 2.75) is 12.9 Å². The zero-order chi connectivity index (χ0) is 13.7. The van der Waals surface area contributed by atoms with Crippen LogP contribution in [0.25, 0.3) is 0 Å². The van der Waals surface area contributed by atoms with E-state index < -0.39 is 6.36 Å². The van der Waals surface area contributed by atoms with E-state index in [2.05, 4.69) is 20.0 Å². The van der Waals surface area contributed by atoms with Crippen LogP contribution < -0.4 is 10.1 Å². The van der Waals surface area contributed by atoms with Crippen LogP contribution >= 0.6 is 0 Å². The van der Waals surface area contributed by atoms with Gasteiger partial charge in [0.1, 0.15) is 6.33 Å². The van der Waals surface area contributed by atoms with Crippen LogP contribution in [-0.2, 0) is 6.54 Å². The molecule has 1 heterocycles. The van der Waals surface area contributed by atoms with Crippen molar-refractivity contribution in [1.29, 1.82) is 0 Å². The summed E-state index contributed by atoms with van der Waals surface area (Å²) in [6.07, 6.45) is -1.79. The number of hydrogen-bond donors (Lipinski definition) is 1. The van der Waals surface area contributed by atoms with Crippen molar-refractivity contribution in [1.82, 2.24) is 9.97 Å². The zero-order valence-electron chi connectivity index (χ0n) is 9.69. The van der Waals surface area contributed by atoms with E-state index >= 15 is 0 Å². The Morgan fingerprint density at radius 3 is 2.63 bits per heavy atom. The lowest BCUT2D eigenvalue weighted by Crippen LogP contribution is -2.18. The van der Waals surface area contributed by atoms with Gasteiger partial charge in [-0.1, -0.05) is 12.1 Å². The number of rotatable bonds is 4. The van der Waals surface area contributed by atoms with Crippen LogP contribution in [0.5, 0.6) is 5.75 Å². The van der Waals surface area contributed by atoms with Crippen LogP contribution in [0.4, 0.5) is 18.9 Å². The second kappa shape index (κ2) is 5.55. The lowest BCUT2D eigenvalue weighted by molar-refractivity contribution is -0.274. The summed E-state index contributed by atoms with van der Waals surface area (Å²) < 4.78 is 40.6. The Morgan fingerprint density at radius 1 is 1.16 bits per heavy atom. The summed E-state index contributed by atoms with van der Waals surface area (Å²) in [5.74, 6) is -0.274. The third-order valence-electron chi connectivity index (χ3n) is 2.22. The molecule has 0 saturated carbocycles. The molecule has 1 aromatic heterocycles. The average molecular weight is 269 g/mol. The smallest absolute Gasteiger partial charge is 0.404 e. The first-order valence-corrected chi connectivity index (χ1v) is 5.38. The zero-order valence-corrected chi connectivity index (χ0v) is 9.69. The molecule has 4 nitrogen and oxygen atoms in total. The second-order valence-electron chi connectivity index (χ2n) is 3.60. The number of ether oxygens (including phenoxy) is 1. The summed E-state index contributed by atoms with van der Waals surface area (Å²) in [7, 11) is 0. The number of anilines is 1. The molecule has 0 unspecified atom stereocenters. The molecule has 0 aliphatic heterocycles. The first-order valence-electron chi connectivity index (χ1n) is 5.38. The lowest BCUT2D eigenvalue weighted by atomic mass is 10.3. The van der Waals surface area contributed by atoms with Crippen molar-refractivity contribution in [3.05, 3.63) is 48.5 Å². The Kier molecular flexibility index (Phi) is 3.84. The van der Waals surface area contributed by atoms with Crippen molar-refractivity contribution < 1.29 is 17.9 Å². The van der Waals surface area contributed by atoms with Crippen LogP contribution in [0.15, 0.2) is 42.9 Å². The summed E-state index contributed by atoms with van der Waals surface area (Å²) in [5.41, 5.74) is 0.912. The number of nitrogens with one attached hydrogen (secondary N) is 1. The maximum Gasteiger partial charge on any atom is 0.573 e. The first kappa shape index (κ1) is 13.1. The Morgan fingerprint density at radius 2 is 1.95 bits per heavy atom. The van der Waals surface area contributed by atoms with Crippen molar-refractivity contribution >= 4 is 5.69 Å². The molecule has 0 radical (unpaired) electrons.